The molecule has 1 fully saturated rings. The Morgan fingerprint density at radius 3 is 2.70 bits per heavy atom. The fourth-order valence-electron chi connectivity index (χ4n) is 3.90. The smallest absolute Gasteiger partial charge is 0.229 e. The monoisotopic (exact) mass is 422 g/mol. The maximum absolute atomic E-state index is 6.31. The van der Waals surface area contributed by atoms with Gasteiger partial charge in [0, 0.05) is 11.9 Å². The van der Waals surface area contributed by atoms with Gasteiger partial charge in [-0.3, -0.25) is 0 Å². The molecule has 30 heavy (non-hydrogen) atoms. The zero-order chi connectivity index (χ0) is 21.1. The van der Waals surface area contributed by atoms with Crippen LogP contribution in [0.5, 0.6) is 0 Å². The second-order valence-electron chi connectivity index (χ2n) is 7.75. The first kappa shape index (κ1) is 20.4. The molecule has 3 heterocycles. The van der Waals surface area contributed by atoms with Crippen LogP contribution < -0.4 is 21.3 Å². The third-order valence-electron chi connectivity index (χ3n) is 5.58. The van der Waals surface area contributed by atoms with Crippen molar-refractivity contribution in [2.24, 2.45) is 0 Å². The Morgan fingerprint density at radius 1 is 1.13 bits per heavy atom. The van der Waals surface area contributed by atoms with Crippen molar-refractivity contribution in [3.63, 3.8) is 0 Å². The van der Waals surface area contributed by atoms with E-state index in [1.165, 1.54) is 29.5 Å². The maximum atomic E-state index is 6.31. The van der Waals surface area contributed by atoms with Gasteiger partial charge < -0.3 is 21.3 Å². The second kappa shape index (κ2) is 8.90. The summed E-state index contributed by atoms with van der Waals surface area (Å²) in [7, 11) is 0. The van der Waals surface area contributed by atoms with E-state index in [-0.39, 0.29) is 0 Å². The molecule has 1 aromatic carbocycles. The summed E-state index contributed by atoms with van der Waals surface area (Å²) in [4.78, 5) is 8.93. The molecule has 1 saturated heterocycles. The molecule has 6 nitrogen and oxygen atoms in total. The molecule has 0 radical (unpaired) electrons. The van der Waals surface area contributed by atoms with Gasteiger partial charge in [0.25, 0.3) is 0 Å². The van der Waals surface area contributed by atoms with Crippen LogP contribution in [0.15, 0.2) is 54.7 Å². The van der Waals surface area contributed by atoms with Crippen LogP contribution in [-0.4, -0.2) is 23.1 Å². The van der Waals surface area contributed by atoms with Gasteiger partial charge in [-0.05, 0) is 80.6 Å². The molecule has 4 N–H and O–H groups in total. The quantitative estimate of drug-likeness (QED) is 0.550. The standard InChI is InChI=1S/C23H27ClN6/c1-14-12-21(15(2)11-18(14)17-6-9-25-10-7-17)29-23-27-13-19(24)22(30-23)28-20-5-4-8-26-16(20)3/h4-5,8,11-13,17,25-26H,3,6-7,9-10H2,1-2H3,(H2,27,28,29,30). The lowest BCUT2D eigenvalue weighted by molar-refractivity contribution is 0.459. The number of rotatable bonds is 5. The van der Waals surface area contributed by atoms with Crippen LogP contribution in [-0.2, 0) is 0 Å². The fraction of sp³-hybridized carbons (Fsp3) is 0.304. The van der Waals surface area contributed by atoms with Crippen molar-refractivity contribution >= 4 is 29.1 Å². The van der Waals surface area contributed by atoms with Gasteiger partial charge in [-0.25, -0.2) is 4.98 Å². The summed E-state index contributed by atoms with van der Waals surface area (Å²) in [5.41, 5.74) is 6.49. The summed E-state index contributed by atoms with van der Waals surface area (Å²) >= 11 is 6.31. The summed E-state index contributed by atoms with van der Waals surface area (Å²) in [6, 6.07) is 4.50. The molecule has 0 bridgehead atoms. The molecule has 4 rings (SSSR count). The Bertz CT molecular complexity index is 1020. The Morgan fingerprint density at radius 2 is 1.93 bits per heavy atom. The minimum atomic E-state index is 0.443. The van der Waals surface area contributed by atoms with Crippen LogP contribution in [0.25, 0.3) is 0 Å². The third kappa shape index (κ3) is 4.50. The minimum Gasteiger partial charge on any atom is -0.360 e. The highest BCUT2D eigenvalue weighted by Crippen LogP contribution is 2.32. The highest BCUT2D eigenvalue weighted by Gasteiger charge is 2.18. The Kier molecular flexibility index (Phi) is 6.06. The van der Waals surface area contributed by atoms with Gasteiger partial charge in [0.05, 0.1) is 17.6 Å². The van der Waals surface area contributed by atoms with Gasteiger partial charge in [-0.1, -0.05) is 24.2 Å². The van der Waals surface area contributed by atoms with E-state index in [4.69, 9.17) is 11.6 Å². The summed E-state index contributed by atoms with van der Waals surface area (Å²) in [6.07, 6.45) is 9.60. The van der Waals surface area contributed by atoms with Crippen LogP contribution in [0.3, 0.4) is 0 Å². The first-order chi connectivity index (χ1) is 14.5. The van der Waals surface area contributed by atoms with E-state index < -0.39 is 0 Å². The third-order valence-corrected chi connectivity index (χ3v) is 5.85. The zero-order valence-corrected chi connectivity index (χ0v) is 18.1. The predicted octanol–water partition coefficient (Wildman–Crippen LogP) is 4.88. The number of nitrogens with one attached hydrogen (secondary N) is 4. The van der Waals surface area contributed by atoms with Crippen molar-refractivity contribution in [3.05, 3.63) is 76.4 Å². The topological polar surface area (TPSA) is 73.9 Å². The lowest BCUT2D eigenvalue weighted by Gasteiger charge is -2.25. The molecule has 2 aliphatic rings. The van der Waals surface area contributed by atoms with E-state index >= 15 is 0 Å². The van der Waals surface area contributed by atoms with E-state index in [2.05, 4.69) is 63.8 Å². The number of aromatic nitrogens is 2. The van der Waals surface area contributed by atoms with E-state index in [1.54, 1.807) is 6.20 Å². The Hall–Kier alpha value is -2.83. The number of anilines is 3. The first-order valence-corrected chi connectivity index (χ1v) is 10.6. The Labute approximate surface area is 182 Å². The highest BCUT2D eigenvalue weighted by atomic mass is 35.5. The van der Waals surface area contributed by atoms with Gasteiger partial charge >= 0.3 is 0 Å². The van der Waals surface area contributed by atoms with Gasteiger partial charge in [0.2, 0.25) is 5.95 Å². The van der Waals surface area contributed by atoms with Crippen molar-refractivity contribution in [2.45, 2.75) is 32.6 Å². The lowest BCUT2D eigenvalue weighted by Crippen LogP contribution is -2.27. The number of dihydropyridines is 1. The van der Waals surface area contributed by atoms with Crippen molar-refractivity contribution in [3.8, 4) is 0 Å². The zero-order valence-electron chi connectivity index (χ0n) is 17.3. The van der Waals surface area contributed by atoms with E-state index in [9.17, 15) is 0 Å². The number of halogens is 1. The number of benzene rings is 1. The molecule has 0 saturated carbocycles. The largest absolute Gasteiger partial charge is 0.360 e. The molecule has 7 heteroatoms. The summed E-state index contributed by atoms with van der Waals surface area (Å²) < 4.78 is 0. The number of piperidine rings is 1. The second-order valence-corrected chi connectivity index (χ2v) is 8.16. The van der Waals surface area contributed by atoms with Gasteiger partial charge in [-0.2, -0.15) is 4.98 Å². The first-order valence-electron chi connectivity index (χ1n) is 10.2. The molecular formula is C23H27ClN6. The number of hydrogen-bond acceptors (Lipinski definition) is 6. The molecular weight excluding hydrogens is 396 g/mol. The SMILES string of the molecule is C=C1NC=CC=C1Nc1nc(Nc2cc(C)c(C3CCNCC3)cc2C)ncc1Cl. The van der Waals surface area contributed by atoms with Crippen molar-refractivity contribution in [2.75, 3.05) is 23.7 Å². The van der Waals surface area contributed by atoms with Crippen LogP contribution >= 0.6 is 11.6 Å². The Balaban J connectivity index is 1.55. The molecule has 0 amide bonds. The average molecular weight is 423 g/mol. The summed E-state index contributed by atoms with van der Waals surface area (Å²) in [5.74, 6) is 1.64. The lowest BCUT2D eigenvalue weighted by atomic mass is 9.86. The van der Waals surface area contributed by atoms with Gasteiger partial charge in [-0.15, -0.1) is 0 Å². The molecule has 2 aromatic rings. The molecule has 0 aliphatic carbocycles. The van der Waals surface area contributed by atoms with Crippen LogP contribution in [0.1, 0.15) is 35.4 Å². The number of hydrogen-bond donors (Lipinski definition) is 4. The summed E-state index contributed by atoms with van der Waals surface area (Å²) in [6.45, 7) is 10.5. The van der Waals surface area contributed by atoms with E-state index in [0.29, 0.717) is 22.7 Å². The molecule has 2 aliphatic heterocycles. The number of allylic oxidation sites excluding steroid dienone is 2. The molecule has 0 atom stereocenters. The molecule has 0 spiro atoms. The fourth-order valence-corrected chi connectivity index (χ4v) is 4.04. The van der Waals surface area contributed by atoms with Crippen molar-refractivity contribution < 1.29 is 0 Å². The highest BCUT2D eigenvalue weighted by molar-refractivity contribution is 6.32. The van der Waals surface area contributed by atoms with Crippen molar-refractivity contribution in [1.29, 1.82) is 0 Å². The average Bonchev–Trinajstić information content (AvgIpc) is 2.75. The summed E-state index contributed by atoms with van der Waals surface area (Å²) in [5, 5.41) is 13.5. The van der Waals surface area contributed by atoms with Crippen molar-refractivity contribution in [1.82, 2.24) is 20.6 Å². The minimum absolute atomic E-state index is 0.443. The predicted molar refractivity (Wildman–Crippen MR) is 124 cm³/mol. The normalized spacial score (nSPS) is 16.8. The van der Waals surface area contributed by atoms with Crippen LogP contribution in [0.2, 0.25) is 5.02 Å². The van der Waals surface area contributed by atoms with E-state index in [1.807, 2.05) is 18.4 Å². The van der Waals surface area contributed by atoms with Gasteiger partial charge in [0.15, 0.2) is 5.82 Å². The van der Waals surface area contributed by atoms with Gasteiger partial charge in [0.1, 0.15) is 5.02 Å². The van der Waals surface area contributed by atoms with Crippen LogP contribution in [0, 0.1) is 13.8 Å². The molecule has 0 unspecified atom stereocenters. The number of nitrogens with zero attached hydrogens (tertiary/aromatic N) is 2. The van der Waals surface area contributed by atoms with E-state index in [0.717, 1.165) is 30.2 Å². The number of aryl methyl sites for hydroxylation is 2. The molecule has 1 aromatic heterocycles. The molecule has 156 valence electrons. The maximum Gasteiger partial charge on any atom is 0.229 e. The van der Waals surface area contributed by atoms with Crippen LogP contribution in [0.4, 0.5) is 17.5 Å².